The normalized spacial score (nSPS) is 18.0. The van der Waals surface area contributed by atoms with Crippen molar-refractivity contribution in [1.29, 1.82) is 0 Å². The van der Waals surface area contributed by atoms with Crippen LogP contribution >= 0.6 is 11.6 Å². The number of rotatable bonds is 6. The van der Waals surface area contributed by atoms with E-state index in [2.05, 4.69) is 15.3 Å². The van der Waals surface area contributed by atoms with Crippen LogP contribution in [-0.2, 0) is 16.1 Å². The molecule has 7 nitrogen and oxygen atoms in total. The van der Waals surface area contributed by atoms with E-state index < -0.39 is 6.04 Å². The van der Waals surface area contributed by atoms with E-state index in [-0.39, 0.29) is 17.9 Å². The lowest BCUT2D eigenvalue weighted by Gasteiger charge is -2.21. The third-order valence-corrected chi connectivity index (χ3v) is 6.61. The van der Waals surface area contributed by atoms with Crippen LogP contribution in [-0.4, -0.2) is 52.5 Å². The van der Waals surface area contributed by atoms with Crippen LogP contribution in [0, 0.1) is 0 Å². The van der Waals surface area contributed by atoms with Gasteiger partial charge in [0, 0.05) is 53.0 Å². The number of benzene rings is 2. The first kappa shape index (κ1) is 23.1. The van der Waals surface area contributed by atoms with Crippen molar-refractivity contribution in [3.05, 3.63) is 89.3 Å². The standard InChI is InChI=1S/C27H25ClN4O3/c1-35-27(34)23-13-20(16-32(23)15-17-6-5-11-29-14-17)30-26(33)25-24(18-7-3-2-4-8-18)21-12-19(28)9-10-22(21)31-25/h2-12,14,20,23,31H,13,15-16H2,1H3,(H,30,33)/t20-,23-/m0/s1. The predicted octanol–water partition coefficient (Wildman–Crippen LogP) is 4.43. The van der Waals surface area contributed by atoms with Gasteiger partial charge in [-0.2, -0.15) is 0 Å². The van der Waals surface area contributed by atoms with Crippen LogP contribution in [0.15, 0.2) is 73.1 Å². The predicted molar refractivity (Wildman–Crippen MR) is 135 cm³/mol. The summed E-state index contributed by atoms with van der Waals surface area (Å²) in [6.45, 7) is 1.06. The van der Waals surface area contributed by atoms with Gasteiger partial charge in [0.15, 0.2) is 0 Å². The highest BCUT2D eigenvalue weighted by Gasteiger charge is 2.38. The highest BCUT2D eigenvalue weighted by molar-refractivity contribution is 6.31. The van der Waals surface area contributed by atoms with Crippen molar-refractivity contribution in [2.75, 3.05) is 13.7 Å². The third-order valence-electron chi connectivity index (χ3n) is 6.37. The molecular formula is C27H25ClN4O3. The molecule has 0 saturated carbocycles. The lowest BCUT2D eigenvalue weighted by Crippen LogP contribution is -2.38. The molecule has 3 heterocycles. The Hall–Kier alpha value is -3.68. The van der Waals surface area contributed by atoms with Gasteiger partial charge in [-0.1, -0.05) is 48.0 Å². The van der Waals surface area contributed by atoms with Crippen molar-refractivity contribution >= 4 is 34.4 Å². The Bertz CT molecular complexity index is 1360. The van der Waals surface area contributed by atoms with Crippen LogP contribution in [0.4, 0.5) is 0 Å². The Morgan fingerprint density at radius 1 is 1.17 bits per heavy atom. The first-order chi connectivity index (χ1) is 17.0. The Balaban J connectivity index is 1.42. The zero-order valence-corrected chi connectivity index (χ0v) is 20.0. The lowest BCUT2D eigenvalue weighted by molar-refractivity contribution is -0.146. The summed E-state index contributed by atoms with van der Waals surface area (Å²) >= 11 is 6.28. The van der Waals surface area contributed by atoms with Gasteiger partial charge in [-0.3, -0.25) is 19.5 Å². The molecule has 0 unspecified atom stereocenters. The SMILES string of the molecule is COC(=O)[C@@H]1C[C@H](NC(=O)c2[nH]c3ccc(Cl)cc3c2-c2ccccc2)CN1Cc1cccnc1. The maximum Gasteiger partial charge on any atom is 0.323 e. The largest absolute Gasteiger partial charge is 0.468 e. The summed E-state index contributed by atoms with van der Waals surface area (Å²) in [7, 11) is 1.39. The Morgan fingerprint density at radius 2 is 2.00 bits per heavy atom. The minimum atomic E-state index is -0.444. The summed E-state index contributed by atoms with van der Waals surface area (Å²) in [6, 6.07) is 18.5. The first-order valence-electron chi connectivity index (χ1n) is 11.4. The zero-order chi connectivity index (χ0) is 24.4. The Kier molecular flexibility index (Phi) is 6.53. The number of aromatic nitrogens is 2. The molecule has 2 atom stereocenters. The van der Waals surface area contributed by atoms with Crippen molar-refractivity contribution < 1.29 is 14.3 Å². The molecule has 1 amide bonds. The van der Waals surface area contributed by atoms with E-state index in [0.29, 0.717) is 30.2 Å². The van der Waals surface area contributed by atoms with Crippen LogP contribution in [0.1, 0.15) is 22.5 Å². The molecule has 1 aliphatic rings. The number of methoxy groups -OCH3 is 1. The second-order valence-electron chi connectivity index (χ2n) is 8.67. The fourth-order valence-electron chi connectivity index (χ4n) is 4.79. The van der Waals surface area contributed by atoms with Crippen LogP contribution in [0.25, 0.3) is 22.0 Å². The Morgan fingerprint density at radius 3 is 2.74 bits per heavy atom. The maximum absolute atomic E-state index is 13.5. The zero-order valence-electron chi connectivity index (χ0n) is 19.2. The molecular weight excluding hydrogens is 464 g/mol. The van der Waals surface area contributed by atoms with Gasteiger partial charge in [-0.05, 0) is 41.8 Å². The fraction of sp³-hybridized carbons (Fsp3) is 0.222. The lowest BCUT2D eigenvalue weighted by atomic mass is 10.0. The van der Waals surface area contributed by atoms with Gasteiger partial charge in [-0.15, -0.1) is 0 Å². The van der Waals surface area contributed by atoms with Crippen molar-refractivity contribution in [2.45, 2.75) is 25.0 Å². The van der Waals surface area contributed by atoms with E-state index in [1.807, 2.05) is 59.5 Å². The molecule has 0 bridgehead atoms. The van der Waals surface area contributed by atoms with Gasteiger partial charge in [0.1, 0.15) is 11.7 Å². The number of fused-ring (bicyclic) bond motifs is 1. The van der Waals surface area contributed by atoms with E-state index >= 15 is 0 Å². The summed E-state index contributed by atoms with van der Waals surface area (Å²) in [4.78, 5) is 35.5. The summed E-state index contributed by atoms with van der Waals surface area (Å²) in [5.41, 5.74) is 4.01. The van der Waals surface area contributed by atoms with E-state index in [1.165, 1.54) is 7.11 Å². The minimum absolute atomic E-state index is 0.220. The quantitative estimate of drug-likeness (QED) is 0.392. The monoisotopic (exact) mass is 488 g/mol. The van der Waals surface area contributed by atoms with Gasteiger partial charge in [0.25, 0.3) is 5.91 Å². The molecule has 8 heteroatoms. The second-order valence-corrected chi connectivity index (χ2v) is 9.10. The molecule has 2 N–H and O–H groups in total. The summed E-state index contributed by atoms with van der Waals surface area (Å²) < 4.78 is 5.04. The summed E-state index contributed by atoms with van der Waals surface area (Å²) in [6.07, 6.45) is 3.96. The highest BCUT2D eigenvalue weighted by atomic mass is 35.5. The molecule has 0 spiro atoms. The van der Waals surface area contributed by atoms with Crippen molar-refractivity contribution in [2.24, 2.45) is 0 Å². The van der Waals surface area contributed by atoms with E-state index in [4.69, 9.17) is 16.3 Å². The fourth-order valence-corrected chi connectivity index (χ4v) is 4.96. The number of amides is 1. The average Bonchev–Trinajstić information content (AvgIpc) is 3.45. The Labute approximate surface area is 208 Å². The number of aromatic amines is 1. The van der Waals surface area contributed by atoms with Crippen molar-refractivity contribution in [3.8, 4) is 11.1 Å². The number of hydrogen-bond acceptors (Lipinski definition) is 5. The number of carbonyl (C=O) groups excluding carboxylic acids is 2. The number of halogens is 1. The number of ether oxygens (including phenoxy) is 1. The molecule has 1 saturated heterocycles. The van der Waals surface area contributed by atoms with Gasteiger partial charge >= 0.3 is 5.97 Å². The number of carbonyl (C=O) groups is 2. The van der Waals surface area contributed by atoms with Gasteiger partial charge in [0.2, 0.25) is 0 Å². The van der Waals surface area contributed by atoms with Crippen LogP contribution in [0.2, 0.25) is 5.02 Å². The number of H-pyrrole nitrogens is 1. The van der Waals surface area contributed by atoms with Crippen LogP contribution in [0.5, 0.6) is 0 Å². The van der Waals surface area contributed by atoms with E-state index in [9.17, 15) is 9.59 Å². The molecule has 1 fully saturated rings. The number of hydrogen-bond donors (Lipinski definition) is 2. The molecule has 178 valence electrons. The number of nitrogens with zero attached hydrogens (tertiary/aromatic N) is 2. The molecule has 5 rings (SSSR count). The maximum atomic E-state index is 13.5. The summed E-state index contributed by atoms with van der Waals surface area (Å²) in [5.74, 6) is -0.538. The van der Waals surface area contributed by atoms with Crippen molar-refractivity contribution in [1.82, 2.24) is 20.2 Å². The topological polar surface area (TPSA) is 87.3 Å². The molecule has 35 heavy (non-hydrogen) atoms. The number of pyridine rings is 1. The summed E-state index contributed by atoms with van der Waals surface area (Å²) in [5, 5.41) is 4.62. The molecule has 0 radical (unpaired) electrons. The number of likely N-dealkylation sites (tertiary alicyclic amines) is 1. The number of nitrogens with one attached hydrogen (secondary N) is 2. The third kappa shape index (κ3) is 4.78. The minimum Gasteiger partial charge on any atom is -0.468 e. The van der Waals surface area contributed by atoms with Crippen LogP contribution < -0.4 is 5.32 Å². The highest BCUT2D eigenvalue weighted by Crippen LogP contribution is 2.34. The van der Waals surface area contributed by atoms with Crippen LogP contribution in [0.3, 0.4) is 0 Å². The van der Waals surface area contributed by atoms with E-state index in [1.54, 1.807) is 18.5 Å². The molecule has 1 aliphatic heterocycles. The molecule has 2 aromatic carbocycles. The smallest absolute Gasteiger partial charge is 0.323 e. The first-order valence-corrected chi connectivity index (χ1v) is 11.8. The van der Waals surface area contributed by atoms with Gasteiger partial charge < -0.3 is 15.0 Å². The molecule has 2 aromatic heterocycles. The molecule has 4 aromatic rings. The number of esters is 1. The van der Waals surface area contributed by atoms with Gasteiger partial charge in [0.05, 0.1) is 7.11 Å². The molecule has 0 aliphatic carbocycles. The van der Waals surface area contributed by atoms with E-state index in [0.717, 1.165) is 27.6 Å². The van der Waals surface area contributed by atoms with Crippen molar-refractivity contribution in [3.63, 3.8) is 0 Å². The average molecular weight is 489 g/mol. The second kappa shape index (κ2) is 9.90. The van der Waals surface area contributed by atoms with Gasteiger partial charge in [-0.25, -0.2) is 0 Å².